The molecule has 0 spiro atoms. The minimum atomic E-state index is 0.587. The highest BCUT2D eigenvalue weighted by Gasteiger charge is 1.81. The third-order valence-corrected chi connectivity index (χ3v) is 0.936. The number of nitrogens with one attached hydrogen (secondary N) is 1. The zero-order chi connectivity index (χ0) is 6.95. The number of hydrogen-bond acceptors (Lipinski definition) is 2. The lowest BCUT2D eigenvalue weighted by molar-refractivity contribution is 0.0620. The second kappa shape index (κ2) is 7.66. The summed E-state index contributed by atoms with van der Waals surface area (Å²) in [7, 11) is 0. The fraction of sp³-hybridized carbons (Fsp3) is 0.714. The average molecular weight is 129 g/mol. The Bertz CT molecular complexity index is 63.9. The Labute approximate surface area is 56.9 Å². The van der Waals surface area contributed by atoms with Gasteiger partial charge in [-0.25, -0.2) is 5.48 Å². The molecule has 0 bridgehead atoms. The lowest BCUT2D eigenvalue weighted by Gasteiger charge is -2.00. The lowest BCUT2D eigenvalue weighted by atomic mass is 10.3. The van der Waals surface area contributed by atoms with Crippen molar-refractivity contribution in [2.75, 3.05) is 13.2 Å². The first-order chi connectivity index (χ1) is 4.41. The van der Waals surface area contributed by atoms with E-state index in [-0.39, 0.29) is 0 Å². The van der Waals surface area contributed by atoms with Crippen LogP contribution in [0.25, 0.3) is 0 Å². The van der Waals surface area contributed by atoms with Crippen LogP contribution in [0.3, 0.4) is 0 Å². The Morgan fingerprint density at radius 3 is 3.00 bits per heavy atom. The topological polar surface area (TPSA) is 21.3 Å². The minimum absolute atomic E-state index is 0.587. The average Bonchev–Trinajstić information content (AvgIpc) is 1.89. The van der Waals surface area contributed by atoms with Crippen molar-refractivity contribution in [3.05, 3.63) is 12.7 Å². The molecule has 0 radical (unpaired) electrons. The maximum Gasteiger partial charge on any atom is 0.0861 e. The standard InChI is InChI=1S/C7H15NO/c1-3-5-6-8-9-7-4-2/h4,8H,2-3,5-7H2,1H3. The summed E-state index contributed by atoms with van der Waals surface area (Å²) in [6, 6.07) is 0. The van der Waals surface area contributed by atoms with Crippen molar-refractivity contribution in [3.8, 4) is 0 Å². The fourth-order valence-electron chi connectivity index (χ4n) is 0.439. The molecule has 0 aromatic carbocycles. The normalized spacial score (nSPS) is 9.44. The summed E-state index contributed by atoms with van der Waals surface area (Å²) in [5.74, 6) is 0. The summed E-state index contributed by atoms with van der Waals surface area (Å²) < 4.78 is 0. The summed E-state index contributed by atoms with van der Waals surface area (Å²) in [5, 5.41) is 0. The van der Waals surface area contributed by atoms with Crippen LogP contribution in [-0.4, -0.2) is 13.2 Å². The van der Waals surface area contributed by atoms with Gasteiger partial charge in [-0.15, -0.1) is 6.58 Å². The van der Waals surface area contributed by atoms with E-state index in [1.54, 1.807) is 6.08 Å². The highest BCUT2D eigenvalue weighted by atomic mass is 16.6. The first-order valence-corrected chi connectivity index (χ1v) is 3.37. The van der Waals surface area contributed by atoms with Gasteiger partial charge in [-0.05, 0) is 6.42 Å². The molecular formula is C7H15NO. The van der Waals surface area contributed by atoms with Crippen molar-refractivity contribution in [1.82, 2.24) is 5.48 Å². The van der Waals surface area contributed by atoms with E-state index in [4.69, 9.17) is 4.84 Å². The van der Waals surface area contributed by atoms with Gasteiger partial charge in [-0.2, -0.15) is 0 Å². The van der Waals surface area contributed by atoms with Crippen molar-refractivity contribution in [1.29, 1.82) is 0 Å². The molecule has 1 N–H and O–H groups in total. The Balaban J connectivity index is 2.66. The van der Waals surface area contributed by atoms with Crippen LogP contribution in [0.4, 0.5) is 0 Å². The maximum atomic E-state index is 4.92. The Kier molecular flexibility index (Phi) is 7.37. The van der Waals surface area contributed by atoms with E-state index < -0.39 is 0 Å². The van der Waals surface area contributed by atoms with Crippen LogP contribution in [0.15, 0.2) is 12.7 Å². The first kappa shape index (κ1) is 8.66. The van der Waals surface area contributed by atoms with Crippen LogP contribution >= 0.6 is 0 Å². The quantitative estimate of drug-likeness (QED) is 0.333. The van der Waals surface area contributed by atoms with Crippen LogP contribution in [0.5, 0.6) is 0 Å². The van der Waals surface area contributed by atoms with Crippen LogP contribution < -0.4 is 5.48 Å². The molecule has 0 aliphatic rings. The van der Waals surface area contributed by atoms with Gasteiger partial charge in [0.1, 0.15) is 0 Å². The van der Waals surface area contributed by atoms with E-state index in [9.17, 15) is 0 Å². The molecule has 0 aromatic rings. The van der Waals surface area contributed by atoms with Gasteiger partial charge in [0.05, 0.1) is 6.61 Å². The summed E-state index contributed by atoms with van der Waals surface area (Å²) in [4.78, 5) is 4.92. The Morgan fingerprint density at radius 1 is 1.67 bits per heavy atom. The largest absolute Gasteiger partial charge is 0.298 e. The second-order valence-electron chi connectivity index (χ2n) is 1.85. The van der Waals surface area contributed by atoms with Gasteiger partial charge in [-0.1, -0.05) is 19.4 Å². The molecule has 0 unspecified atom stereocenters. The Morgan fingerprint density at radius 2 is 2.44 bits per heavy atom. The predicted molar refractivity (Wildman–Crippen MR) is 39.1 cm³/mol. The molecule has 0 atom stereocenters. The van der Waals surface area contributed by atoms with Gasteiger partial charge in [0.15, 0.2) is 0 Å². The van der Waals surface area contributed by atoms with Crippen molar-refractivity contribution < 1.29 is 4.84 Å². The molecule has 0 aliphatic carbocycles. The SMILES string of the molecule is C=CCONCCCC. The fourth-order valence-corrected chi connectivity index (χ4v) is 0.439. The van der Waals surface area contributed by atoms with Crippen LogP contribution in [0, 0.1) is 0 Å². The third kappa shape index (κ3) is 7.66. The smallest absolute Gasteiger partial charge is 0.0861 e. The summed E-state index contributed by atoms with van der Waals surface area (Å²) in [6.45, 7) is 7.18. The van der Waals surface area contributed by atoms with E-state index in [0.29, 0.717) is 6.61 Å². The van der Waals surface area contributed by atoms with Crippen molar-refractivity contribution in [2.45, 2.75) is 19.8 Å². The summed E-state index contributed by atoms with van der Waals surface area (Å²) >= 11 is 0. The van der Waals surface area contributed by atoms with Gasteiger partial charge in [0.25, 0.3) is 0 Å². The van der Waals surface area contributed by atoms with Crippen LogP contribution in [0.2, 0.25) is 0 Å². The molecular weight excluding hydrogens is 114 g/mol. The van der Waals surface area contributed by atoms with E-state index >= 15 is 0 Å². The summed E-state index contributed by atoms with van der Waals surface area (Å²) in [6.07, 6.45) is 4.08. The number of hydrogen-bond donors (Lipinski definition) is 1. The number of unbranched alkanes of at least 4 members (excludes halogenated alkanes) is 1. The van der Waals surface area contributed by atoms with Gasteiger partial charge < -0.3 is 0 Å². The highest BCUT2D eigenvalue weighted by molar-refractivity contribution is 4.62. The van der Waals surface area contributed by atoms with E-state index in [1.165, 1.54) is 6.42 Å². The van der Waals surface area contributed by atoms with E-state index in [0.717, 1.165) is 13.0 Å². The van der Waals surface area contributed by atoms with Gasteiger partial charge in [0, 0.05) is 6.54 Å². The molecule has 9 heavy (non-hydrogen) atoms. The molecule has 54 valence electrons. The number of hydroxylamine groups is 1. The molecule has 0 fully saturated rings. The van der Waals surface area contributed by atoms with Gasteiger partial charge in [0.2, 0.25) is 0 Å². The molecule has 2 nitrogen and oxygen atoms in total. The van der Waals surface area contributed by atoms with Crippen LogP contribution in [0.1, 0.15) is 19.8 Å². The molecule has 0 aliphatic heterocycles. The molecule has 0 amide bonds. The highest BCUT2D eigenvalue weighted by Crippen LogP contribution is 1.81. The monoisotopic (exact) mass is 129 g/mol. The predicted octanol–water partition coefficient (Wildman–Crippen LogP) is 1.49. The maximum absolute atomic E-state index is 4.92. The second-order valence-corrected chi connectivity index (χ2v) is 1.85. The molecule has 2 heteroatoms. The molecule has 0 saturated carbocycles. The van der Waals surface area contributed by atoms with Crippen molar-refractivity contribution in [3.63, 3.8) is 0 Å². The zero-order valence-corrected chi connectivity index (χ0v) is 6.02. The van der Waals surface area contributed by atoms with Crippen LogP contribution in [-0.2, 0) is 4.84 Å². The zero-order valence-electron chi connectivity index (χ0n) is 6.02. The Hall–Kier alpha value is -0.340. The molecule has 0 rings (SSSR count). The lowest BCUT2D eigenvalue weighted by Crippen LogP contribution is -2.15. The molecule has 0 aromatic heterocycles. The number of rotatable bonds is 6. The van der Waals surface area contributed by atoms with Gasteiger partial charge in [-0.3, -0.25) is 4.84 Å². The van der Waals surface area contributed by atoms with Crippen molar-refractivity contribution in [2.24, 2.45) is 0 Å². The van der Waals surface area contributed by atoms with E-state index in [2.05, 4.69) is 19.0 Å². The minimum Gasteiger partial charge on any atom is -0.298 e. The van der Waals surface area contributed by atoms with E-state index in [1.807, 2.05) is 0 Å². The molecule has 0 saturated heterocycles. The van der Waals surface area contributed by atoms with Crippen molar-refractivity contribution >= 4 is 0 Å². The van der Waals surface area contributed by atoms with Gasteiger partial charge >= 0.3 is 0 Å². The third-order valence-electron chi connectivity index (χ3n) is 0.936. The summed E-state index contributed by atoms with van der Waals surface area (Å²) in [5.41, 5.74) is 2.82. The first-order valence-electron chi connectivity index (χ1n) is 3.37. The molecule has 0 heterocycles.